The van der Waals surface area contributed by atoms with Crippen molar-refractivity contribution in [3.05, 3.63) is 0 Å². The first-order valence-corrected chi connectivity index (χ1v) is 5.77. The van der Waals surface area contributed by atoms with E-state index in [0.29, 0.717) is 24.5 Å². The lowest BCUT2D eigenvalue weighted by molar-refractivity contribution is -0.0358. The third kappa shape index (κ3) is 6.39. The van der Waals surface area contributed by atoms with Crippen molar-refractivity contribution in [2.24, 2.45) is 11.8 Å². The Kier molecular flexibility index (Phi) is 7.20. The van der Waals surface area contributed by atoms with Crippen molar-refractivity contribution < 1.29 is 9.84 Å². The van der Waals surface area contributed by atoms with Gasteiger partial charge in [0.15, 0.2) is 0 Å². The fourth-order valence-electron chi connectivity index (χ4n) is 1.45. The summed E-state index contributed by atoms with van der Waals surface area (Å²) in [5, 5.41) is 9.16. The molecule has 0 aromatic rings. The predicted molar refractivity (Wildman–Crippen MR) is 60.3 cm³/mol. The lowest BCUT2D eigenvalue weighted by atomic mass is 9.94. The first-order valence-electron chi connectivity index (χ1n) is 5.77. The lowest BCUT2D eigenvalue weighted by Gasteiger charge is -2.25. The summed E-state index contributed by atoms with van der Waals surface area (Å²) in [7, 11) is 0. The average molecular weight is 202 g/mol. The molecule has 0 aromatic carbocycles. The highest BCUT2D eigenvalue weighted by Gasteiger charge is 2.18. The molecule has 1 N–H and O–H groups in total. The zero-order valence-corrected chi connectivity index (χ0v) is 10.3. The van der Waals surface area contributed by atoms with Gasteiger partial charge in [0.05, 0.1) is 18.8 Å². The molecule has 0 saturated carbocycles. The van der Waals surface area contributed by atoms with E-state index < -0.39 is 0 Å². The molecule has 0 bridgehead atoms. The third-order valence-corrected chi connectivity index (χ3v) is 2.53. The summed E-state index contributed by atoms with van der Waals surface area (Å²) in [6.45, 7) is 11.0. The molecule has 0 radical (unpaired) electrons. The molecule has 0 fully saturated rings. The maximum absolute atomic E-state index is 9.16. The first-order chi connectivity index (χ1) is 6.47. The minimum atomic E-state index is -0.353. The normalized spacial score (nSPS) is 18.2. The SMILES string of the molecule is CCC(C)C(CC(C)C)OCC(C)O. The summed E-state index contributed by atoms with van der Waals surface area (Å²) >= 11 is 0. The molecule has 0 rings (SSSR count). The van der Waals surface area contributed by atoms with Crippen molar-refractivity contribution in [1.29, 1.82) is 0 Å². The Balaban J connectivity index is 3.97. The zero-order chi connectivity index (χ0) is 11.1. The molecule has 0 aliphatic carbocycles. The Morgan fingerprint density at radius 3 is 2.07 bits per heavy atom. The maximum Gasteiger partial charge on any atom is 0.0745 e. The minimum Gasteiger partial charge on any atom is -0.391 e. The number of rotatable bonds is 7. The molecule has 86 valence electrons. The number of ether oxygens (including phenoxy) is 1. The highest BCUT2D eigenvalue weighted by Crippen LogP contribution is 2.19. The van der Waals surface area contributed by atoms with Crippen molar-refractivity contribution >= 4 is 0 Å². The van der Waals surface area contributed by atoms with Gasteiger partial charge in [-0.05, 0) is 25.2 Å². The summed E-state index contributed by atoms with van der Waals surface area (Å²) in [5.74, 6) is 1.24. The highest BCUT2D eigenvalue weighted by atomic mass is 16.5. The topological polar surface area (TPSA) is 29.5 Å². The molecule has 3 atom stereocenters. The summed E-state index contributed by atoms with van der Waals surface area (Å²) in [4.78, 5) is 0. The lowest BCUT2D eigenvalue weighted by Crippen LogP contribution is -2.27. The fourth-order valence-corrected chi connectivity index (χ4v) is 1.45. The summed E-state index contributed by atoms with van der Waals surface area (Å²) in [6.07, 6.45) is 2.17. The molecule has 3 unspecified atom stereocenters. The van der Waals surface area contributed by atoms with Crippen molar-refractivity contribution in [1.82, 2.24) is 0 Å². The monoisotopic (exact) mass is 202 g/mol. The van der Waals surface area contributed by atoms with Crippen molar-refractivity contribution in [3.8, 4) is 0 Å². The van der Waals surface area contributed by atoms with E-state index in [4.69, 9.17) is 9.84 Å². The number of hydrogen-bond donors (Lipinski definition) is 1. The number of hydrogen-bond acceptors (Lipinski definition) is 2. The van der Waals surface area contributed by atoms with Crippen molar-refractivity contribution in [2.45, 2.75) is 59.7 Å². The van der Waals surface area contributed by atoms with E-state index >= 15 is 0 Å². The molecule has 0 spiro atoms. The molecule has 2 nitrogen and oxygen atoms in total. The third-order valence-electron chi connectivity index (χ3n) is 2.53. The molecule has 2 heteroatoms. The van der Waals surface area contributed by atoms with Crippen LogP contribution in [0.2, 0.25) is 0 Å². The molecular weight excluding hydrogens is 176 g/mol. The Bertz CT molecular complexity index is 132. The Morgan fingerprint density at radius 1 is 1.14 bits per heavy atom. The van der Waals surface area contributed by atoms with Gasteiger partial charge >= 0.3 is 0 Å². The Morgan fingerprint density at radius 2 is 1.71 bits per heavy atom. The van der Waals surface area contributed by atoms with Crippen molar-refractivity contribution in [3.63, 3.8) is 0 Å². The van der Waals surface area contributed by atoms with Gasteiger partial charge in [-0.1, -0.05) is 34.1 Å². The fraction of sp³-hybridized carbons (Fsp3) is 1.00. The van der Waals surface area contributed by atoms with Crippen LogP contribution in [-0.4, -0.2) is 23.9 Å². The van der Waals surface area contributed by atoms with Crippen LogP contribution in [0.5, 0.6) is 0 Å². The van der Waals surface area contributed by atoms with Gasteiger partial charge in [-0.3, -0.25) is 0 Å². The van der Waals surface area contributed by atoms with E-state index in [-0.39, 0.29) is 6.10 Å². The number of aliphatic hydroxyl groups excluding tert-OH is 1. The van der Waals surface area contributed by atoms with Crippen LogP contribution >= 0.6 is 0 Å². The first kappa shape index (κ1) is 13.9. The van der Waals surface area contributed by atoms with Gasteiger partial charge in [0.2, 0.25) is 0 Å². The quantitative estimate of drug-likeness (QED) is 0.688. The van der Waals surface area contributed by atoms with Gasteiger partial charge in [-0.15, -0.1) is 0 Å². The number of aliphatic hydroxyl groups is 1. The van der Waals surface area contributed by atoms with Crippen LogP contribution in [0.25, 0.3) is 0 Å². The molecule has 0 aliphatic rings. The molecule has 0 saturated heterocycles. The zero-order valence-electron chi connectivity index (χ0n) is 10.3. The highest BCUT2D eigenvalue weighted by molar-refractivity contribution is 4.67. The average Bonchev–Trinajstić information content (AvgIpc) is 2.10. The van der Waals surface area contributed by atoms with E-state index in [0.717, 1.165) is 12.8 Å². The molecular formula is C12H26O2. The van der Waals surface area contributed by atoms with Crippen LogP contribution in [0.1, 0.15) is 47.5 Å². The second-order valence-electron chi connectivity index (χ2n) is 4.74. The molecule has 0 amide bonds. The van der Waals surface area contributed by atoms with Gasteiger partial charge in [-0.25, -0.2) is 0 Å². The smallest absolute Gasteiger partial charge is 0.0745 e. The molecule has 0 heterocycles. The summed E-state index contributed by atoms with van der Waals surface area (Å²) < 4.78 is 5.72. The van der Waals surface area contributed by atoms with Crippen molar-refractivity contribution in [2.75, 3.05) is 6.61 Å². The maximum atomic E-state index is 9.16. The Labute approximate surface area is 88.7 Å². The van der Waals surface area contributed by atoms with E-state index in [1.807, 2.05) is 0 Å². The van der Waals surface area contributed by atoms with Gasteiger partial charge in [0.25, 0.3) is 0 Å². The standard InChI is InChI=1S/C12H26O2/c1-6-10(4)12(7-9(2)3)14-8-11(5)13/h9-13H,6-8H2,1-5H3. The second-order valence-corrected chi connectivity index (χ2v) is 4.74. The Hall–Kier alpha value is -0.0800. The van der Waals surface area contributed by atoms with E-state index in [9.17, 15) is 0 Å². The molecule has 14 heavy (non-hydrogen) atoms. The van der Waals surface area contributed by atoms with Crippen LogP contribution < -0.4 is 0 Å². The second kappa shape index (κ2) is 7.24. The molecule has 0 aliphatic heterocycles. The van der Waals surface area contributed by atoms with Crippen LogP contribution in [0, 0.1) is 11.8 Å². The van der Waals surface area contributed by atoms with Gasteiger partial charge < -0.3 is 9.84 Å². The largest absolute Gasteiger partial charge is 0.391 e. The summed E-state index contributed by atoms with van der Waals surface area (Å²) in [5.41, 5.74) is 0. The van der Waals surface area contributed by atoms with Crippen LogP contribution in [0.3, 0.4) is 0 Å². The van der Waals surface area contributed by atoms with Crippen LogP contribution in [-0.2, 0) is 4.74 Å². The van der Waals surface area contributed by atoms with E-state index in [1.165, 1.54) is 0 Å². The van der Waals surface area contributed by atoms with Gasteiger partial charge in [-0.2, -0.15) is 0 Å². The van der Waals surface area contributed by atoms with E-state index in [1.54, 1.807) is 6.92 Å². The minimum absolute atomic E-state index is 0.301. The van der Waals surface area contributed by atoms with E-state index in [2.05, 4.69) is 27.7 Å². The van der Waals surface area contributed by atoms with Crippen LogP contribution in [0.15, 0.2) is 0 Å². The van der Waals surface area contributed by atoms with Gasteiger partial charge in [0.1, 0.15) is 0 Å². The molecule has 0 aromatic heterocycles. The van der Waals surface area contributed by atoms with Crippen LogP contribution in [0.4, 0.5) is 0 Å². The van der Waals surface area contributed by atoms with Gasteiger partial charge in [0, 0.05) is 0 Å². The predicted octanol–water partition coefficient (Wildman–Crippen LogP) is 2.84. The summed E-state index contributed by atoms with van der Waals surface area (Å²) in [6, 6.07) is 0.